The highest BCUT2D eigenvalue weighted by Crippen LogP contribution is 2.46. The third kappa shape index (κ3) is 5.06. The van der Waals surface area contributed by atoms with E-state index in [4.69, 9.17) is 4.98 Å². The molecule has 0 aliphatic heterocycles. The lowest BCUT2D eigenvalue weighted by atomic mass is 9.83. The molecule has 1 aromatic heterocycles. The van der Waals surface area contributed by atoms with Gasteiger partial charge in [-0.1, -0.05) is 176 Å². The van der Waals surface area contributed by atoms with Crippen LogP contribution in [0, 0.1) is 0 Å². The molecule has 10 rings (SSSR count). The van der Waals surface area contributed by atoms with Crippen LogP contribution in [-0.4, -0.2) is 4.98 Å². The Morgan fingerprint density at radius 3 is 1.50 bits per heavy atom. The summed E-state index contributed by atoms with van der Waals surface area (Å²) in [6.45, 7) is 0. The van der Waals surface area contributed by atoms with E-state index >= 15 is 0 Å². The van der Waals surface area contributed by atoms with Crippen LogP contribution in [0.2, 0.25) is 0 Å². The summed E-state index contributed by atoms with van der Waals surface area (Å²) in [6, 6.07) is 70.3. The van der Waals surface area contributed by atoms with Crippen molar-refractivity contribution in [3.63, 3.8) is 0 Å². The Kier molecular flexibility index (Phi) is 7.22. The van der Waals surface area contributed by atoms with E-state index in [1.807, 2.05) is 6.20 Å². The number of aromatic nitrogens is 1. The predicted molar refractivity (Wildman–Crippen MR) is 221 cm³/mol. The third-order valence-electron chi connectivity index (χ3n) is 10.5. The molecule has 1 heteroatoms. The maximum Gasteiger partial charge on any atom is 0.0702 e. The summed E-state index contributed by atoms with van der Waals surface area (Å²) in [6.07, 6.45) is 2.01. The summed E-state index contributed by atoms with van der Waals surface area (Å²) >= 11 is 0. The minimum atomic E-state index is 0.975. The largest absolute Gasteiger partial charge is 0.256 e. The van der Waals surface area contributed by atoms with E-state index in [9.17, 15) is 0 Å². The zero-order valence-corrected chi connectivity index (χ0v) is 28.5. The fourth-order valence-electron chi connectivity index (χ4n) is 8.05. The molecule has 0 amide bonds. The minimum Gasteiger partial charge on any atom is -0.256 e. The van der Waals surface area contributed by atoms with Crippen molar-refractivity contribution in [2.45, 2.75) is 0 Å². The summed E-state index contributed by atoms with van der Waals surface area (Å²) in [7, 11) is 0. The van der Waals surface area contributed by atoms with Crippen LogP contribution >= 0.6 is 0 Å². The molecule has 0 atom stereocenters. The van der Waals surface area contributed by atoms with Gasteiger partial charge in [-0.25, -0.2) is 0 Å². The molecule has 52 heavy (non-hydrogen) atoms. The molecule has 0 aliphatic rings. The molecule has 1 heterocycles. The zero-order valence-electron chi connectivity index (χ0n) is 28.5. The van der Waals surface area contributed by atoms with Gasteiger partial charge in [0.25, 0.3) is 0 Å². The maximum absolute atomic E-state index is 4.93. The number of hydrogen-bond donors (Lipinski definition) is 0. The van der Waals surface area contributed by atoms with Crippen LogP contribution in [0.15, 0.2) is 200 Å². The maximum atomic E-state index is 4.93. The summed E-state index contributed by atoms with van der Waals surface area (Å²) < 4.78 is 0. The van der Waals surface area contributed by atoms with Gasteiger partial charge >= 0.3 is 0 Å². The average Bonchev–Trinajstić information content (AvgIpc) is 3.23. The monoisotopic (exact) mass is 659 g/mol. The van der Waals surface area contributed by atoms with Crippen molar-refractivity contribution in [3.8, 4) is 55.8 Å². The Hall–Kier alpha value is -6.83. The van der Waals surface area contributed by atoms with E-state index in [1.54, 1.807) is 0 Å². The number of fused-ring (bicyclic) bond motifs is 4. The highest BCUT2D eigenvalue weighted by atomic mass is 14.7. The van der Waals surface area contributed by atoms with Crippen molar-refractivity contribution in [1.82, 2.24) is 4.98 Å². The molecule has 0 fully saturated rings. The summed E-state index contributed by atoms with van der Waals surface area (Å²) in [4.78, 5) is 4.93. The molecule has 0 N–H and O–H groups in total. The average molecular weight is 660 g/mol. The molecule has 1 nitrogen and oxygen atoms in total. The Labute approximate surface area is 303 Å². The molecular weight excluding hydrogens is 627 g/mol. The molecule has 0 saturated heterocycles. The zero-order chi connectivity index (χ0) is 34.4. The summed E-state index contributed by atoms with van der Waals surface area (Å²) in [5.41, 5.74) is 11.8. The van der Waals surface area contributed by atoms with Crippen LogP contribution in [0.1, 0.15) is 0 Å². The van der Waals surface area contributed by atoms with Gasteiger partial charge in [-0.05, 0) is 100 Å². The first-order valence-corrected chi connectivity index (χ1v) is 17.9. The van der Waals surface area contributed by atoms with Gasteiger partial charge in [0.05, 0.1) is 5.69 Å². The Morgan fingerprint density at radius 1 is 0.269 bits per heavy atom. The first kappa shape index (κ1) is 30.0. The number of nitrogens with zero attached hydrogens (tertiary/aromatic N) is 1. The van der Waals surface area contributed by atoms with Crippen LogP contribution in [0.3, 0.4) is 0 Å². The Morgan fingerprint density at radius 2 is 0.808 bits per heavy atom. The van der Waals surface area contributed by atoms with E-state index in [2.05, 4.69) is 194 Å². The normalized spacial score (nSPS) is 11.5. The molecule has 0 unspecified atom stereocenters. The van der Waals surface area contributed by atoms with Crippen molar-refractivity contribution >= 4 is 43.1 Å². The molecule has 9 aromatic carbocycles. The van der Waals surface area contributed by atoms with Gasteiger partial charge in [0.15, 0.2) is 0 Å². The lowest BCUT2D eigenvalue weighted by molar-refractivity contribution is 1.33. The lowest BCUT2D eigenvalue weighted by Crippen LogP contribution is -1.93. The standard InChI is InChI=1S/C51H33N/c1-2-14-35(15-3-1)41-28-29-48(43-20-7-6-19-42(41)43)51-46-23-10-8-21-44(46)50(45-22-9-11-24-47(45)51)39-18-12-17-37(32-39)40-27-30-49(52-33-40)38-26-25-34-13-4-5-16-36(34)31-38/h1-33H. The molecule has 242 valence electrons. The van der Waals surface area contributed by atoms with Crippen molar-refractivity contribution in [2.24, 2.45) is 0 Å². The number of pyridine rings is 1. The Bertz CT molecular complexity index is 2880. The summed E-state index contributed by atoms with van der Waals surface area (Å²) in [5.74, 6) is 0. The number of benzene rings is 9. The molecule has 0 aliphatic carbocycles. The topological polar surface area (TPSA) is 12.9 Å². The first-order chi connectivity index (χ1) is 25.8. The second-order valence-electron chi connectivity index (χ2n) is 13.5. The van der Waals surface area contributed by atoms with Gasteiger partial charge in [-0.3, -0.25) is 4.98 Å². The lowest BCUT2D eigenvalue weighted by Gasteiger charge is -2.20. The molecule has 0 spiro atoms. The van der Waals surface area contributed by atoms with Gasteiger partial charge < -0.3 is 0 Å². The van der Waals surface area contributed by atoms with Crippen LogP contribution in [0.4, 0.5) is 0 Å². The van der Waals surface area contributed by atoms with Gasteiger partial charge in [0, 0.05) is 17.3 Å². The van der Waals surface area contributed by atoms with Crippen LogP contribution in [0.5, 0.6) is 0 Å². The molecular formula is C51H33N. The second-order valence-corrected chi connectivity index (χ2v) is 13.5. The van der Waals surface area contributed by atoms with Crippen LogP contribution in [-0.2, 0) is 0 Å². The first-order valence-electron chi connectivity index (χ1n) is 17.9. The van der Waals surface area contributed by atoms with E-state index in [0.717, 1.165) is 22.4 Å². The van der Waals surface area contributed by atoms with Crippen LogP contribution < -0.4 is 0 Å². The predicted octanol–water partition coefficient (Wildman–Crippen LogP) is 14.0. The smallest absolute Gasteiger partial charge is 0.0702 e. The van der Waals surface area contributed by atoms with E-state index < -0.39 is 0 Å². The fraction of sp³-hybridized carbons (Fsp3) is 0. The van der Waals surface area contributed by atoms with E-state index in [0.29, 0.717) is 0 Å². The van der Waals surface area contributed by atoms with Crippen molar-refractivity contribution in [2.75, 3.05) is 0 Å². The van der Waals surface area contributed by atoms with Gasteiger partial charge in [-0.15, -0.1) is 0 Å². The van der Waals surface area contributed by atoms with Crippen molar-refractivity contribution < 1.29 is 0 Å². The highest BCUT2D eigenvalue weighted by molar-refractivity contribution is 6.24. The Balaban J connectivity index is 1.12. The SMILES string of the molecule is c1ccc(-c2ccc(-c3c4ccccc4c(-c4cccc(-c5ccc(-c6ccc7ccccc7c6)nc5)c4)c4ccccc34)c3ccccc23)cc1. The number of hydrogen-bond acceptors (Lipinski definition) is 1. The van der Waals surface area contributed by atoms with E-state index in [-0.39, 0.29) is 0 Å². The third-order valence-corrected chi connectivity index (χ3v) is 10.5. The molecule has 10 aromatic rings. The number of rotatable bonds is 5. The summed E-state index contributed by atoms with van der Waals surface area (Å²) in [5, 5.41) is 9.97. The second kappa shape index (κ2) is 12.5. The van der Waals surface area contributed by atoms with Gasteiger partial charge in [0.1, 0.15) is 0 Å². The molecule has 0 bridgehead atoms. The quantitative estimate of drug-likeness (QED) is 0.168. The highest BCUT2D eigenvalue weighted by Gasteiger charge is 2.19. The molecule has 0 saturated carbocycles. The minimum absolute atomic E-state index is 0.975. The van der Waals surface area contributed by atoms with Crippen molar-refractivity contribution in [3.05, 3.63) is 200 Å². The van der Waals surface area contributed by atoms with Gasteiger partial charge in [-0.2, -0.15) is 0 Å². The fourth-order valence-corrected chi connectivity index (χ4v) is 8.05. The van der Waals surface area contributed by atoms with Crippen molar-refractivity contribution in [1.29, 1.82) is 0 Å². The van der Waals surface area contributed by atoms with Crippen LogP contribution in [0.25, 0.3) is 98.9 Å². The van der Waals surface area contributed by atoms with E-state index in [1.165, 1.54) is 76.5 Å². The molecule has 0 radical (unpaired) electrons. The van der Waals surface area contributed by atoms with Gasteiger partial charge in [0.2, 0.25) is 0 Å².